The first kappa shape index (κ1) is 18.6. The molecule has 0 saturated carbocycles. The van der Waals surface area contributed by atoms with Crippen molar-refractivity contribution >= 4 is 20.2 Å². The summed E-state index contributed by atoms with van der Waals surface area (Å²) in [6, 6.07) is 0. The quantitative estimate of drug-likeness (QED) is 0.536. The van der Waals surface area contributed by atoms with Crippen molar-refractivity contribution in [1.82, 2.24) is 0 Å². The Bertz CT molecular complexity index is 592. The molecule has 0 aromatic carbocycles. The number of hydrogen-bond donors (Lipinski definition) is 0. The Kier molecular flexibility index (Phi) is 5.63. The van der Waals surface area contributed by atoms with Crippen LogP contribution < -0.4 is 0 Å². The largest absolute Gasteiger partial charge is 0.270 e. The van der Waals surface area contributed by atoms with Crippen LogP contribution in [-0.2, 0) is 28.6 Å². The van der Waals surface area contributed by atoms with Gasteiger partial charge in [0.2, 0.25) is 0 Å². The summed E-state index contributed by atoms with van der Waals surface area (Å²) in [5.41, 5.74) is -0.526. The third-order valence-electron chi connectivity index (χ3n) is 4.27. The Balaban J connectivity index is 3.00. The predicted octanol–water partition coefficient (Wildman–Crippen LogP) is 1.40. The molecule has 0 aliphatic heterocycles. The predicted molar refractivity (Wildman–Crippen MR) is 80.7 cm³/mol. The van der Waals surface area contributed by atoms with Crippen LogP contribution in [0.2, 0.25) is 0 Å². The smallest absolute Gasteiger partial charge is 0.264 e. The summed E-state index contributed by atoms with van der Waals surface area (Å²) in [6.07, 6.45) is 6.02. The molecule has 124 valence electrons. The van der Waals surface area contributed by atoms with Gasteiger partial charge < -0.3 is 0 Å². The maximum Gasteiger partial charge on any atom is 0.264 e. The van der Waals surface area contributed by atoms with Crippen LogP contribution in [0, 0.1) is 23.2 Å². The average molecular weight is 340 g/mol. The SMILES string of the molecule is C[C@@H]1C=C[C@H](C)[C@](C)(COS(C)(=O)=O)[C@@H]1COS(C)(=O)=O. The molecule has 0 fully saturated rings. The summed E-state index contributed by atoms with van der Waals surface area (Å²) in [5, 5.41) is 0. The molecule has 0 amide bonds. The lowest BCUT2D eigenvalue weighted by Crippen LogP contribution is -2.45. The van der Waals surface area contributed by atoms with Gasteiger partial charge in [0.25, 0.3) is 20.2 Å². The third kappa shape index (κ3) is 5.36. The minimum Gasteiger partial charge on any atom is -0.270 e. The van der Waals surface area contributed by atoms with Gasteiger partial charge in [-0.05, 0) is 17.8 Å². The number of rotatable bonds is 6. The fourth-order valence-corrected chi connectivity index (χ4v) is 3.51. The minimum atomic E-state index is -3.55. The Labute approximate surface area is 127 Å². The van der Waals surface area contributed by atoms with Crippen LogP contribution in [0.15, 0.2) is 12.2 Å². The molecule has 1 rings (SSSR count). The van der Waals surface area contributed by atoms with Gasteiger partial charge in [-0.1, -0.05) is 32.9 Å². The zero-order valence-corrected chi connectivity index (χ0v) is 14.7. The first-order valence-electron chi connectivity index (χ1n) is 6.72. The molecule has 0 aromatic rings. The lowest BCUT2D eigenvalue weighted by molar-refractivity contribution is 0.00670. The summed E-state index contributed by atoms with van der Waals surface area (Å²) in [5.74, 6) is -0.0475. The van der Waals surface area contributed by atoms with E-state index in [1.165, 1.54) is 0 Å². The van der Waals surface area contributed by atoms with Crippen LogP contribution >= 0.6 is 0 Å². The van der Waals surface area contributed by atoms with Gasteiger partial charge >= 0.3 is 0 Å². The molecule has 0 bridgehead atoms. The van der Waals surface area contributed by atoms with Crippen molar-refractivity contribution in [3.8, 4) is 0 Å². The van der Waals surface area contributed by atoms with Crippen molar-refractivity contribution in [3.63, 3.8) is 0 Å². The van der Waals surface area contributed by atoms with E-state index in [4.69, 9.17) is 8.37 Å². The molecule has 21 heavy (non-hydrogen) atoms. The van der Waals surface area contributed by atoms with Crippen molar-refractivity contribution in [2.75, 3.05) is 25.7 Å². The molecule has 0 aromatic heterocycles. The third-order valence-corrected chi connectivity index (χ3v) is 5.38. The molecule has 0 radical (unpaired) electrons. The van der Waals surface area contributed by atoms with Crippen LogP contribution in [0.4, 0.5) is 0 Å². The van der Waals surface area contributed by atoms with E-state index in [2.05, 4.69) is 0 Å². The molecular weight excluding hydrogens is 316 g/mol. The van der Waals surface area contributed by atoms with Gasteiger partial charge in [-0.2, -0.15) is 16.8 Å². The first-order valence-corrected chi connectivity index (χ1v) is 10.4. The van der Waals surface area contributed by atoms with Crippen LogP contribution in [-0.4, -0.2) is 42.6 Å². The van der Waals surface area contributed by atoms with Gasteiger partial charge in [-0.3, -0.25) is 8.37 Å². The van der Waals surface area contributed by atoms with E-state index >= 15 is 0 Å². The fraction of sp³-hybridized carbons (Fsp3) is 0.846. The van der Waals surface area contributed by atoms with Gasteiger partial charge in [0.1, 0.15) is 0 Å². The van der Waals surface area contributed by atoms with E-state index < -0.39 is 25.7 Å². The highest BCUT2D eigenvalue weighted by atomic mass is 32.2. The molecular formula is C13H24O6S2. The van der Waals surface area contributed by atoms with E-state index in [-0.39, 0.29) is 31.0 Å². The van der Waals surface area contributed by atoms with Crippen molar-refractivity contribution in [1.29, 1.82) is 0 Å². The molecule has 0 N–H and O–H groups in total. The zero-order valence-electron chi connectivity index (χ0n) is 13.1. The molecule has 8 heteroatoms. The summed E-state index contributed by atoms with van der Waals surface area (Å²) < 4.78 is 54.9. The zero-order chi connectivity index (χ0) is 16.5. The number of allylic oxidation sites excluding steroid dienone is 2. The van der Waals surface area contributed by atoms with Gasteiger partial charge in [-0.25, -0.2) is 0 Å². The van der Waals surface area contributed by atoms with Crippen molar-refractivity contribution in [2.45, 2.75) is 20.8 Å². The van der Waals surface area contributed by atoms with E-state index in [0.29, 0.717) is 0 Å². The molecule has 6 nitrogen and oxygen atoms in total. The first-order chi connectivity index (χ1) is 9.35. The van der Waals surface area contributed by atoms with Crippen molar-refractivity contribution < 1.29 is 25.2 Å². The maximum absolute atomic E-state index is 11.3. The monoisotopic (exact) mass is 340 g/mol. The maximum atomic E-state index is 11.3. The normalized spacial score (nSPS) is 34.0. The van der Waals surface area contributed by atoms with Gasteiger partial charge in [-0.15, -0.1) is 0 Å². The second kappa shape index (κ2) is 6.36. The van der Waals surface area contributed by atoms with Crippen LogP contribution in [0.1, 0.15) is 20.8 Å². The standard InChI is InChI=1S/C13H24O6S2/c1-10-6-7-11(2)13(3,9-19-21(5,16)17)12(10)8-18-20(4,14)15/h6-7,10-12H,8-9H2,1-5H3/t10-,11+,12-,13+/m1/s1. The topological polar surface area (TPSA) is 86.7 Å². The molecule has 0 spiro atoms. The second-order valence-corrected chi connectivity index (χ2v) is 9.39. The summed E-state index contributed by atoms with van der Waals surface area (Å²) in [4.78, 5) is 0. The fourth-order valence-electron chi connectivity index (χ4n) is 2.65. The molecule has 1 aliphatic carbocycles. The second-order valence-electron chi connectivity index (χ2n) is 6.10. The Morgan fingerprint density at radius 3 is 2.00 bits per heavy atom. The Hall–Kier alpha value is -0.440. The molecule has 0 saturated heterocycles. The summed E-state index contributed by atoms with van der Waals surface area (Å²) in [6.45, 7) is 5.83. The summed E-state index contributed by atoms with van der Waals surface area (Å²) >= 11 is 0. The lowest BCUT2D eigenvalue weighted by Gasteiger charge is -2.45. The van der Waals surface area contributed by atoms with Gasteiger partial charge in [0, 0.05) is 5.41 Å². The van der Waals surface area contributed by atoms with E-state index in [9.17, 15) is 16.8 Å². The molecule has 0 heterocycles. The number of hydrogen-bond acceptors (Lipinski definition) is 6. The summed E-state index contributed by atoms with van der Waals surface area (Å²) in [7, 11) is -7.09. The van der Waals surface area contributed by atoms with Crippen LogP contribution in [0.5, 0.6) is 0 Å². The van der Waals surface area contributed by atoms with E-state index in [1.54, 1.807) is 0 Å². The average Bonchev–Trinajstić information content (AvgIpc) is 2.29. The highest BCUT2D eigenvalue weighted by molar-refractivity contribution is 7.86. The Morgan fingerprint density at radius 1 is 1.00 bits per heavy atom. The minimum absolute atomic E-state index is 0.000527. The highest BCUT2D eigenvalue weighted by Crippen LogP contribution is 2.45. The molecule has 4 atom stereocenters. The van der Waals surface area contributed by atoms with Crippen LogP contribution in [0.25, 0.3) is 0 Å². The van der Waals surface area contributed by atoms with Crippen molar-refractivity contribution in [2.24, 2.45) is 23.2 Å². The van der Waals surface area contributed by atoms with E-state index in [0.717, 1.165) is 12.5 Å². The van der Waals surface area contributed by atoms with Crippen LogP contribution in [0.3, 0.4) is 0 Å². The van der Waals surface area contributed by atoms with Gasteiger partial charge in [0.15, 0.2) is 0 Å². The van der Waals surface area contributed by atoms with E-state index in [1.807, 2.05) is 32.9 Å². The molecule has 0 unspecified atom stereocenters. The van der Waals surface area contributed by atoms with Crippen molar-refractivity contribution in [3.05, 3.63) is 12.2 Å². The Morgan fingerprint density at radius 2 is 1.52 bits per heavy atom. The molecule has 1 aliphatic rings. The lowest BCUT2D eigenvalue weighted by atomic mass is 9.62. The van der Waals surface area contributed by atoms with Gasteiger partial charge in [0.05, 0.1) is 25.7 Å². The highest BCUT2D eigenvalue weighted by Gasteiger charge is 2.44.